The fourth-order valence-electron chi connectivity index (χ4n) is 1.26. The number of nitrogens with zero attached hydrogens (tertiary/aromatic N) is 2. The molecule has 0 aromatic carbocycles. The van der Waals surface area contributed by atoms with E-state index in [-0.39, 0.29) is 5.89 Å². The summed E-state index contributed by atoms with van der Waals surface area (Å²) in [4.78, 5) is 11.6. The first kappa shape index (κ1) is 17.4. The molecule has 8 nitrogen and oxygen atoms in total. The number of hydrogen-bond acceptors (Lipinski definition) is 7. The Labute approximate surface area is 124 Å². The van der Waals surface area contributed by atoms with Crippen LogP contribution in [0.2, 0.25) is 0 Å². The Morgan fingerprint density at radius 1 is 1.24 bits per heavy atom. The van der Waals surface area contributed by atoms with Gasteiger partial charge < -0.3 is 14.5 Å². The van der Waals surface area contributed by atoms with E-state index in [2.05, 4.69) is 15.5 Å². The van der Waals surface area contributed by atoms with E-state index in [9.17, 15) is 13.2 Å². The van der Waals surface area contributed by atoms with Crippen molar-refractivity contribution in [2.75, 3.05) is 0 Å². The minimum absolute atomic E-state index is 0.0000779. The van der Waals surface area contributed by atoms with Crippen LogP contribution in [-0.4, -0.2) is 35.6 Å². The smallest absolute Gasteiger partial charge is 0.408 e. The van der Waals surface area contributed by atoms with E-state index in [4.69, 9.17) is 9.15 Å². The molecule has 0 aliphatic rings. The number of carbonyl (C=O) groups is 1. The SMILES string of the molecule is CC(NC(=O)OC(C)(C)C)c1nnc(S(=O)(=O)C(C)C)o1. The molecule has 0 aliphatic carbocycles. The second kappa shape index (κ2) is 6.00. The van der Waals surface area contributed by atoms with E-state index < -0.39 is 38.0 Å². The summed E-state index contributed by atoms with van der Waals surface area (Å²) in [7, 11) is -3.63. The Bertz CT molecular complexity index is 601. The van der Waals surface area contributed by atoms with Gasteiger partial charge in [-0.3, -0.25) is 0 Å². The minimum Gasteiger partial charge on any atom is -0.444 e. The molecular weight excluding hydrogens is 298 g/mol. The Kier molecular flexibility index (Phi) is 4.98. The van der Waals surface area contributed by atoms with E-state index in [1.807, 2.05) is 0 Å². The van der Waals surface area contributed by atoms with E-state index >= 15 is 0 Å². The van der Waals surface area contributed by atoms with Gasteiger partial charge in [-0.25, -0.2) is 13.2 Å². The maximum absolute atomic E-state index is 11.9. The van der Waals surface area contributed by atoms with Gasteiger partial charge in [-0.05, 0) is 41.5 Å². The number of hydrogen-bond donors (Lipinski definition) is 1. The Morgan fingerprint density at radius 3 is 2.29 bits per heavy atom. The van der Waals surface area contributed by atoms with Gasteiger partial charge in [0.05, 0.1) is 5.25 Å². The standard InChI is InChI=1S/C12H21N3O5S/c1-7(2)21(17,18)11-15-14-9(19-11)8(3)13-10(16)20-12(4,5)6/h7-8H,1-6H3,(H,13,16). The maximum atomic E-state index is 11.9. The van der Waals surface area contributed by atoms with Crippen LogP contribution >= 0.6 is 0 Å². The van der Waals surface area contributed by atoms with Crippen molar-refractivity contribution in [2.24, 2.45) is 0 Å². The van der Waals surface area contributed by atoms with Crippen molar-refractivity contribution in [3.8, 4) is 0 Å². The number of rotatable bonds is 4. The topological polar surface area (TPSA) is 111 Å². The van der Waals surface area contributed by atoms with Crippen molar-refractivity contribution in [1.82, 2.24) is 15.5 Å². The van der Waals surface area contributed by atoms with Crippen LogP contribution in [0.5, 0.6) is 0 Å². The van der Waals surface area contributed by atoms with Gasteiger partial charge in [0.1, 0.15) is 11.6 Å². The predicted molar refractivity (Wildman–Crippen MR) is 74.4 cm³/mol. The first-order chi connectivity index (χ1) is 9.43. The molecule has 1 N–H and O–H groups in total. The van der Waals surface area contributed by atoms with Crippen molar-refractivity contribution in [3.63, 3.8) is 0 Å². The molecule has 0 bridgehead atoms. The molecule has 9 heteroatoms. The number of amides is 1. The lowest BCUT2D eigenvalue weighted by Crippen LogP contribution is -2.34. The number of sulfone groups is 1. The first-order valence-corrected chi connectivity index (χ1v) is 8.05. The van der Waals surface area contributed by atoms with Crippen molar-refractivity contribution >= 4 is 15.9 Å². The number of alkyl carbamates (subject to hydrolysis) is 1. The van der Waals surface area contributed by atoms with Crippen LogP contribution < -0.4 is 5.32 Å². The average molecular weight is 319 g/mol. The molecule has 1 rings (SSSR count). The van der Waals surface area contributed by atoms with Crippen LogP contribution in [0.15, 0.2) is 9.64 Å². The van der Waals surface area contributed by atoms with Crippen LogP contribution in [0.4, 0.5) is 4.79 Å². The number of ether oxygens (including phenoxy) is 1. The highest BCUT2D eigenvalue weighted by molar-refractivity contribution is 7.91. The molecule has 1 aromatic rings. The predicted octanol–water partition coefficient (Wildman–Crippen LogP) is 1.84. The van der Waals surface area contributed by atoms with Crippen LogP contribution in [0.25, 0.3) is 0 Å². The number of carbonyl (C=O) groups excluding carboxylic acids is 1. The molecule has 1 heterocycles. The third-order valence-electron chi connectivity index (χ3n) is 2.39. The summed E-state index contributed by atoms with van der Waals surface area (Å²) in [6.07, 6.45) is -0.651. The van der Waals surface area contributed by atoms with Crippen LogP contribution in [0.1, 0.15) is 53.5 Å². The molecule has 0 saturated heterocycles. The van der Waals surface area contributed by atoms with Crippen molar-refractivity contribution < 1.29 is 22.4 Å². The van der Waals surface area contributed by atoms with Crippen molar-refractivity contribution in [2.45, 2.75) is 63.7 Å². The van der Waals surface area contributed by atoms with Gasteiger partial charge in [0, 0.05) is 0 Å². The Balaban J connectivity index is 2.80. The van der Waals surface area contributed by atoms with Gasteiger partial charge in [0.25, 0.3) is 0 Å². The van der Waals surface area contributed by atoms with Gasteiger partial charge in [0.2, 0.25) is 15.7 Å². The molecule has 1 atom stereocenters. The summed E-state index contributed by atoms with van der Waals surface area (Å²) >= 11 is 0. The Morgan fingerprint density at radius 2 is 1.81 bits per heavy atom. The lowest BCUT2D eigenvalue weighted by atomic mass is 10.2. The summed E-state index contributed by atoms with van der Waals surface area (Å²) in [5.74, 6) is 0.0000779. The second-order valence-electron chi connectivity index (χ2n) is 5.87. The fraction of sp³-hybridized carbons (Fsp3) is 0.750. The third-order valence-corrected chi connectivity index (χ3v) is 4.28. The zero-order valence-corrected chi connectivity index (χ0v) is 13.8. The minimum atomic E-state index is -3.63. The quantitative estimate of drug-likeness (QED) is 0.901. The molecule has 0 fully saturated rings. The van der Waals surface area contributed by atoms with Crippen LogP contribution in [0.3, 0.4) is 0 Å². The highest BCUT2D eigenvalue weighted by atomic mass is 32.2. The summed E-state index contributed by atoms with van der Waals surface area (Å²) in [5, 5.41) is 8.54. The molecule has 0 radical (unpaired) electrons. The highest BCUT2D eigenvalue weighted by Gasteiger charge is 2.28. The van der Waals surface area contributed by atoms with E-state index in [1.165, 1.54) is 13.8 Å². The first-order valence-electron chi connectivity index (χ1n) is 6.50. The highest BCUT2D eigenvalue weighted by Crippen LogP contribution is 2.18. The van der Waals surface area contributed by atoms with E-state index in [0.717, 1.165) is 0 Å². The van der Waals surface area contributed by atoms with Gasteiger partial charge in [-0.1, -0.05) is 5.10 Å². The normalized spacial score (nSPS) is 14.0. The molecular formula is C12H21N3O5S. The molecule has 120 valence electrons. The summed E-state index contributed by atoms with van der Waals surface area (Å²) < 4.78 is 33.9. The largest absolute Gasteiger partial charge is 0.444 e. The average Bonchev–Trinajstić information content (AvgIpc) is 2.75. The lowest BCUT2D eigenvalue weighted by molar-refractivity contribution is 0.0500. The van der Waals surface area contributed by atoms with E-state index in [1.54, 1.807) is 27.7 Å². The summed E-state index contributed by atoms with van der Waals surface area (Å²) in [6, 6.07) is -0.663. The Hall–Kier alpha value is -1.64. The second-order valence-corrected chi connectivity index (χ2v) is 8.25. The molecule has 1 unspecified atom stereocenters. The van der Waals surface area contributed by atoms with Crippen molar-refractivity contribution in [3.05, 3.63) is 5.89 Å². The molecule has 1 amide bonds. The molecule has 0 saturated carbocycles. The zero-order chi connectivity index (χ0) is 16.4. The fourth-order valence-corrected chi connectivity index (χ4v) is 2.02. The monoisotopic (exact) mass is 319 g/mol. The summed E-state index contributed by atoms with van der Waals surface area (Å²) in [5.41, 5.74) is -0.634. The number of nitrogens with one attached hydrogen (secondary N) is 1. The lowest BCUT2D eigenvalue weighted by Gasteiger charge is -2.20. The van der Waals surface area contributed by atoms with E-state index in [0.29, 0.717) is 0 Å². The van der Waals surface area contributed by atoms with Gasteiger partial charge in [0.15, 0.2) is 0 Å². The van der Waals surface area contributed by atoms with Crippen molar-refractivity contribution in [1.29, 1.82) is 0 Å². The van der Waals surface area contributed by atoms with Crippen LogP contribution in [-0.2, 0) is 14.6 Å². The number of aromatic nitrogens is 2. The molecule has 0 spiro atoms. The molecule has 1 aromatic heterocycles. The maximum Gasteiger partial charge on any atom is 0.408 e. The van der Waals surface area contributed by atoms with Gasteiger partial charge in [-0.2, -0.15) is 0 Å². The molecule has 0 aliphatic heterocycles. The van der Waals surface area contributed by atoms with Gasteiger partial charge in [-0.15, -0.1) is 5.10 Å². The third kappa shape index (κ3) is 4.69. The van der Waals surface area contributed by atoms with Gasteiger partial charge >= 0.3 is 11.3 Å². The summed E-state index contributed by atoms with van der Waals surface area (Å²) in [6.45, 7) is 9.82. The zero-order valence-electron chi connectivity index (χ0n) is 13.0. The molecule has 21 heavy (non-hydrogen) atoms. The van der Waals surface area contributed by atoms with Crippen LogP contribution in [0, 0.1) is 0 Å².